The van der Waals surface area contributed by atoms with E-state index in [2.05, 4.69) is 36.1 Å². The van der Waals surface area contributed by atoms with Crippen LogP contribution >= 0.6 is 11.3 Å². The predicted molar refractivity (Wildman–Crippen MR) is 80.4 cm³/mol. The van der Waals surface area contributed by atoms with E-state index in [1.54, 1.807) is 11.3 Å². The third kappa shape index (κ3) is 4.40. The molecule has 3 nitrogen and oxygen atoms in total. The fraction of sp³-hybridized carbons (Fsp3) is 0.467. The lowest BCUT2D eigenvalue weighted by Gasteiger charge is -2.05. The molecular weight excluding hydrogens is 254 g/mol. The van der Waals surface area contributed by atoms with Crippen molar-refractivity contribution in [2.45, 2.75) is 33.7 Å². The van der Waals surface area contributed by atoms with E-state index in [1.165, 1.54) is 4.88 Å². The van der Waals surface area contributed by atoms with Crippen LogP contribution in [-0.4, -0.2) is 16.5 Å². The fourth-order valence-corrected chi connectivity index (χ4v) is 2.91. The summed E-state index contributed by atoms with van der Waals surface area (Å²) in [5.41, 5.74) is 2.23. The zero-order valence-corrected chi connectivity index (χ0v) is 12.6. The molecule has 19 heavy (non-hydrogen) atoms. The summed E-state index contributed by atoms with van der Waals surface area (Å²) in [4.78, 5) is 10.3. The molecule has 2 aromatic heterocycles. The number of nitrogens with zero attached hydrogens (tertiary/aromatic N) is 2. The number of rotatable bonds is 6. The second-order valence-electron chi connectivity index (χ2n) is 5.14. The predicted octanol–water partition coefficient (Wildman–Crippen LogP) is 3.18. The molecule has 0 aliphatic heterocycles. The van der Waals surface area contributed by atoms with Gasteiger partial charge >= 0.3 is 0 Å². The van der Waals surface area contributed by atoms with Crippen LogP contribution in [0.1, 0.15) is 35.1 Å². The molecule has 0 amide bonds. The van der Waals surface area contributed by atoms with Crippen molar-refractivity contribution in [1.29, 1.82) is 0 Å². The lowest BCUT2D eigenvalue weighted by Crippen LogP contribution is -2.18. The van der Waals surface area contributed by atoms with Crippen LogP contribution in [0.2, 0.25) is 0 Å². The highest BCUT2D eigenvalue weighted by Gasteiger charge is 2.08. The minimum Gasteiger partial charge on any atom is -0.312 e. The topological polar surface area (TPSA) is 37.8 Å². The van der Waals surface area contributed by atoms with E-state index in [4.69, 9.17) is 0 Å². The highest BCUT2D eigenvalue weighted by atomic mass is 32.1. The van der Waals surface area contributed by atoms with Crippen LogP contribution in [0.15, 0.2) is 24.4 Å². The number of nitrogens with one attached hydrogen (secondary N) is 1. The minimum atomic E-state index is 0.682. The zero-order chi connectivity index (χ0) is 13.7. The maximum atomic E-state index is 4.64. The van der Waals surface area contributed by atoms with E-state index in [0.717, 1.165) is 35.9 Å². The van der Waals surface area contributed by atoms with Gasteiger partial charge in [-0.15, -0.1) is 11.3 Å². The van der Waals surface area contributed by atoms with Crippen LogP contribution in [0.5, 0.6) is 0 Å². The van der Waals surface area contributed by atoms with E-state index in [-0.39, 0.29) is 0 Å². The minimum absolute atomic E-state index is 0.682. The maximum Gasteiger partial charge on any atom is 0.0991 e. The van der Waals surface area contributed by atoms with Crippen molar-refractivity contribution in [3.05, 3.63) is 45.7 Å². The Balaban J connectivity index is 1.96. The van der Waals surface area contributed by atoms with E-state index < -0.39 is 0 Å². The number of hydrogen-bond acceptors (Lipinski definition) is 4. The molecule has 2 rings (SSSR count). The summed E-state index contributed by atoms with van der Waals surface area (Å²) < 4.78 is 0. The molecule has 2 aromatic rings. The normalized spacial score (nSPS) is 11.2. The standard InChI is InChI=1S/C15H21N3S/c1-11(2)9-16-10-14-12(3)18-15(19-14)8-13-6-4-5-7-17-13/h4-7,11,16H,8-10H2,1-3H3. The van der Waals surface area contributed by atoms with Crippen molar-refractivity contribution in [3.63, 3.8) is 0 Å². The second-order valence-corrected chi connectivity index (χ2v) is 6.31. The van der Waals surface area contributed by atoms with Crippen molar-refractivity contribution >= 4 is 11.3 Å². The molecule has 0 unspecified atom stereocenters. The van der Waals surface area contributed by atoms with Crippen LogP contribution in [0.4, 0.5) is 0 Å². The van der Waals surface area contributed by atoms with Crippen molar-refractivity contribution in [2.24, 2.45) is 5.92 Å². The molecule has 102 valence electrons. The Morgan fingerprint density at radius 3 is 2.84 bits per heavy atom. The molecule has 0 spiro atoms. The lowest BCUT2D eigenvalue weighted by atomic mass is 10.2. The van der Waals surface area contributed by atoms with Crippen LogP contribution in [0.3, 0.4) is 0 Å². The first-order valence-corrected chi connectivity index (χ1v) is 7.52. The molecule has 0 fully saturated rings. The summed E-state index contributed by atoms with van der Waals surface area (Å²) >= 11 is 1.79. The number of aromatic nitrogens is 2. The molecule has 0 aromatic carbocycles. The monoisotopic (exact) mass is 275 g/mol. The van der Waals surface area contributed by atoms with Gasteiger partial charge in [0, 0.05) is 29.7 Å². The summed E-state index contributed by atoms with van der Waals surface area (Å²) in [6.07, 6.45) is 2.66. The molecular formula is C15H21N3S. The van der Waals surface area contributed by atoms with Gasteiger partial charge in [0.2, 0.25) is 0 Å². The van der Waals surface area contributed by atoms with Gasteiger partial charge in [0.1, 0.15) is 0 Å². The van der Waals surface area contributed by atoms with E-state index >= 15 is 0 Å². The van der Waals surface area contributed by atoms with Gasteiger partial charge in [-0.1, -0.05) is 19.9 Å². The van der Waals surface area contributed by atoms with E-state index in [9.17, 15) is 0 Å². The number of thiazole rings is 1. The Morgan fingerprint density at radius 1 is 1.32 bits per heavy atom. The number of pyridine rings is 1. The van der Waals surface area contributed by atoms with Gasteiger partial charge in [0.25, 0.3) is 0 Å². The van der Waals surface area contributed by atoms with Crippen LogP contribution < -0.4 is 5.32 Å². The zero-order valence-electron chi connectivity index (χ0n) is 11.8. The first-order valence-electron chi connectivity index (χ1n) is 6.71. The molecule has 1 N–H and O–H groups in total. The fourth-order valence-electron chi connectivity index (χ4n) is 1.86. The molecule has 0 aliphatic carbocycles. The summed E-state index contributed by atoms with van der Waals surface area (Å²) in [5, 5.41) is 4.62. The van der Waals surface area contributed by atoms with Gasteiger partial charge < -0.3 is 5.32 Å². The Kier molecular flexibility index (Phi) is 5.05. The van der Waals surface area contributed by atoms with Gasteiger partial charge in [0.15, 0.2) is 0 Å². The molecule has 0 radical (unpaired) electrons. The van der Waals surface area contributed by atoms with Gasteiger partial charge in [-0.2, -0.15) is 0 Å². The Morgan fingerprint density at radius 2 is 2.16 bits per heavy atom. The second kappa shape index (κ2) is 6.78. The molecule has 0 saturated carbocycles. The highest BCUT2D eigenvalue weighted by Crippen LogP contribution is 2.20. The van der Waals surface area contributed by atoms with E-state index in [0.29, 0.717) is 5.92 Å². The Hall–Kier alpha value is -1.26. The summed E-state index contributed by atoms with van der Waals surface area (Å²) in [5.74, 6) is 0.682. The third-order valence-electron chi connectivity index (χ3n) is 2.83. The third-order valence-corrected chi connectivity index (χ3v) is 3.99. The lowest BCUT2D eigenvalue weighted by molar-refractivity contribution is 0.554. The van der Waals surface area contributed by atoms with Crippen molar-refractivity contribution in [3.8, 4) is 0 Å². The molecule has 4 heteroatoms. The average Bonchev–Trinajstić information content (AvgIpc) is 2.70. The van der Waals surface area contributed by atoms with Crippen LogP contribution in [0, 0.1) is 12.8 Å². The Bertz CT molecular complexity index is 505. The maximum absolute atomic E-state index is 4.64. The Labute approximate surface area is 119 Å². The quantitative estimate of drug-likeness (QED) is 0.880. The van der Waals surface area contributed by atoms with Crippen LogP contribution in [-0.2, 0) is 13.0 Å². The largest absolute Gasteiger partial charge is 0.312 e. The smallest absolute Gasteiger partial charge is 0.0991 e. The average molecular weight is 275 g/mol. The first kappa shape index (κ1) is 14.2. The molecule has 0 atom stereocenters. The molecule has 2 heterocycles. The SMILES string of the molecule is Cc1nc(Cc2ccccn2)sc1CNCC(C)C. The van der Waals surface area contributed by atoms with Gasteiger partial charge in [0.05, 0.1) is 10.7 Å². The van der Waals surface area contributed by atoms with Crippen LogP contribution in [0.25, 0.3) is 0 Å². The van der Waals surface area contributed by atoms with E-state index in [1.807, 2.05) is 24.4 Å². The molecule has 0 bridgehead atoms. The summed E-state index contributed by atoms with van der Waals surface area (Å²) in [6.45, 7) is 8.50. The summed E-state index contributed by atoms with van der Waals surface area (Å²) in [6, 6.07) is 6.01. The van der Waals surface area contributed by atoms with Gasteiger partial charge in [-0.3, -0.25) is 4.98 Å². The molecule has 0 saturated heterocycles. The first-order chi connectivity index (χ1) is 9.15. The van der Waals surface area contributed by atoms with Crippen molar-refractivity contribution in [1.82, 2.24) is 15.3 Å². The van der Waals surface area contributed by atoms with Crippen molar-refractivity contribution in [2.75, 3.05) is 6.54 Å². The molecule has 0 aliphatic rings. The number of aryl methyl sites for hydroxylation is 1. The summed E-state index contributed by atoms with van der Waals surface area (Å²) in [7, 11) is 0. The van der Waals surface area contributed by atoms with Crippen molar-refractivity contribution < 1.29 is 0 Å². The van der Waals surface area contributed by atoms with Gasteiger partial charge in [-0.25, -0.2) is 4.98 Å². The van der Waals surface area contributed by atoms with Gasteiger partial charge in [-0.05, 0) is 31.5 Å². The highest BCUT2D eigenvalue weighted by molar-refractivity contribution is 7.11. The number of hydrogen-bond donors (Lipinski definition) is 1.